The summed E-state index contributed by atoms with van der Waals surface area (Å²) >= 11 is 1.55. The predicted molar refractivity (Wildman–Crippen MR) is 149 cm³/mol. The van der Waals surface area contributed by atoms with Crippen LogP contribution < -0.4 is 10.2 Å². The number of aromatic nitrogens is 2. The van der Waals surface area contributed by atoms with Crippen LogP contribution in [0.1, 0.15) is 64.6 Å². The van der Waals surface area contributed by atoms with Crippen LogP contribution in [0, 0.1) is 6.92 Å². The van der Waals surface area contributed by atoms with Crippen LogP contribution in [-0.4, -0.2) is 59.3 Å². The maximum absolute atomic E-state index is 12.4. The van der Waals surface area contributed by atoms with E-state index < -0.39 is 17.7 Å². The standard InChI is InChI=1S/C17H18N2O2S.C11H19NO4/c1-9(2)13-8-22-17(19-13)12-7-14(20)11-5-6-15(21-4)10(3)16(11)18-12;1-11(2,3)16-10(14)12-7-5-6-8(12)9(13)15-4/h5-9H,1-4H3,(H,18,20);8H,5-7H2,1-4H3. The maximum Gasteiger partial charge on any atom is 0.411 e. The van der Waals surface area contributed by atoms with Gasteiger partial charge < -0.3 is 19.2 Å². The first-order valence-corrected chi connectivity index (χ1v) is 13.5. The second-order valence-electron chi connectivity index (χ2n) is 10.4. The number of hydrogen-bond donors (Lipinski definition) is 1. The van der Waals surface area contributed by atoms with Crippen molar-refractivity contribution in [2.75, 3.05) is 20.8 Å². The van der Waals surface area contributed by atoms with Crippen molar-refractivity contribution in [1.82, 2.24) is 14.9 Å². The van der Waals surface area contributed by atoms with Crippen LogP contribution in [0.25, 0.3) is 21.6 Å². The van der Waals surface area contributed by atoms with Crippen molar-refractivity contribution in [3.8, 4) is 16.5 Å². The van der Waals surface area contributed by atoms with E-state index in [1.54, 1.807) is 51.4 Å². The number of ether oxygens (including phenoxy) is 3. The van der Waals surface area contributed by atoms with Gasteiger partial charge >= 0.3 is 12.1 Å². The van der Waals surface area contributed by atoms with Gasteiger partial charge in [0.15, 0.2) is 5.43 Å². The highest BCUT2D eigenvalue weighted by Gasteiger charge is 2.37. The first-order chi connectivity index (χ1) is 17.9. The molecule has 3 aromatic rings. The third kappa shape index (κ3) is 6.72. The van der Waals surface area contributed by atoms with Crippen LogP contribution in [0.3, 0.4) is 0 Å². The van der Waals surface area contributed by atoms with Gasteiger partial charge in [0, 0.05) is 28.9 Å². The summed E-state index contributed by atoms with van der Waals surface area (Å²) in [4.78, 5) is 45.0. The summed E-state index contributed by atoms with van der Waals surface area (Å²) < 4.78 is 15.2. The largest absolute Gasteiger partial charge is 0.496 e. The quantitative estimate of drug-likeness (QED) is 0.423. The fourth-order valence-corrected chi connectivity index (χ4v) is 5.09. The minimum atomic E-state index is -0.541. The minimum Gasteiger partial charge on any atom is -0.496 e. The van der Waals surface area contributed by atoms with Gasteiger partial charge in [0.25, 0.3) is 0 Å². The first-order valence-electron chi connectivity index (χ1n) is 12.6. The Morgan fingerprint density at radius 2 is 1.92 bits per heavy atom. The number of likely N-dealkylation sites (tertiary alicyclic amines) is 1. The van der Waals surface area contributed by atoms with Crippen molar-refractivity contribution in [3.05, 3.63) is 45.1 Å². The number of hydrogen-bond acceptors (Lipinski definition) is 8. The average molecular weight is 544 g/mol. The van der Waals surface area contributed by atoms with E-state index in [0.29, 0.717) is 24.3 Å². The Bertz CT molecular complexity index is 1350. The van der Waals surface area contributed by atoms with E-state index >= 15 is 0 Å². The van der Waals surface area contributed by atoms with Gasteiger partial charge in [-0.1, -0.05) is 13.8 Å². The van der Waals surface area contributed by atoms with Gasteiger partial charge in [-0.2, -0.15) is 0 Å². The first kappa shape index (κ1) is 29.2. The second-order valence-corrected chi connectivity index (χ2v) is 11.3. The number of amides is 1. The number of carbonyl (C=O) groups excluding carboxylic acids is 2. The molecule has 1 amide bonds. The van der Waals surface area contributed by atoms with E-state index in [1.807, 2.05) is 18.4 Å². The number of benzene rings is 1. The highest BCUT2D eigenvalue weighted by Crippen LogP contribution is 2.29. The molecule has 38 heavy (non-hydrogen) atoms. The Labute approximate surface area is 227 Å². The Morgan fingerprint density at radius 3 is 2.50 bits per heavy atom. The number of nitrogens with zero attached hydrogens (tertiary/aromatic N) is 2. The van der Waals surface area contributed by atoms with Crippen molar-refractivity contribution >= 4 is 34.3 Å². The highest BCUT2D eigenvalue weighted by molar-refractivity contribution is 7.13. The van der Waals surface area contributed by atoms with Gasteiger partial charge in [-0.15, -0.1) is 11.3 Å². The molecule has 1 fully saturated rings. The van der Waals surface area contributed by atoms with E-state index in [9.17, 15) is 14.4 Å². The molecule has 1 atom stereocenters. The smallest absolute Gasteiger partial charge is 0.411 e. The Morgan fingerprint density at radius 1 is 1.21 bits per heavy atom. The molecular weight excluding hydrogens is 506 g/mol. The Kier molecular flexibility index (Phi) is 9.19. The molecule has 0 saturated carbocycles. The summed E-state index contributed by atoms with van der Waals surface area (Å²) in [5.41, 5.74) is 2.99. The number of nitrogens with one attached hydrogen (secondary N) is 1. The Hall–Kier alpha value is -3.40. The van der Waals surface area contributed by atoms with Crippen LogP contribution >= 0.6 is 11.3 Å². The summed E-state index contributed by atoms with van der Waals surface area (Å²) in [6.45, 7) is 12.1. The molecule has 1 N–H and O–H groups in total. The number of rotatable bonds is 4. The number of H-pyrrole nitrogens is 1. The molecule has 206 valence electrons. The third-order valence-electron chi connectivity index (χ3n) is 6.13. The zero-order chi connectivity index (χ0) is 28.2. The summed E-state index contributed by atoms with van der Waals surface area (Å²) in [5, 5.41) is 3.55. The lowest BCUT2D eigenvalue weighted by Gasteiger charge is -2.27. The van der Waals surface area contributed by atoms with Crippen molar-refractivity contribution in [2.24, 2.45) is 0 Å². The fourth-order valence-electron chi connectivity index (χ4n) is 4.14. The summed E-state index contributed by atoms with van der Waals surface area (Å²) in [6, 6.07) is 4.76. The molecule has 0 spiro atoms. The van der Waals surface area contributed by atoms with E-state index in [4.69, 9.17) is 9.47 Å². The number of pyridine rings is 1. The molecule has 1 aliphatic rings. The summed E-state index contributed by atoms with van der Waals surface area (Å²) in [7, 11) is 2.96. The normalized spacial score (nSPS) is 15.3. The molecule has 1 unspecified atom stereocenters. The van der Waals surface area contributed by atoms with Crippen molar-refractivity contribution < 1.29 is 23.8 Å². The second kappa shape index (κ2) is 12.0. The lowest BCUT2D eigenvalue weighted by Crippen LogP contribution is -2.43. The number of aromatic amines is 1. The lowest BCUT2D eigenvalue weighted by molar-refractivity contribution is -0.145. The number of aryl methyl sites for hydroxylation is 1. The van der Waals surface area contributed by atoms with Gasteiger partial charge in [0.05, 0.1) is 31.1 Å². The van der Waals surface area contributed by atoms with Crippen LogP contribution in [0.5, 0.6) is 5.75 Å². The SMILES string of the molecule is COC(=O)C1CCCN1C(=O)OC(C)(C)C.COc1ccc2c(=O)cc(-c3nc(C(C)C)cs3)[nH]c2c1C. The van der Waals surface area contributed by atoms with E-state index in [-0.39, 0.29) is 11.4 Å². The zero-order valence-corrected chi connectivity index (χ0v) is 24.2. The third-order valence-corrected chi connectivity index (χ3v) is 7.03. The molecule has 2 aromatic heterocycles. The van der Waals surface area contributed by atoms with Gasteiger partial charge in [-0.3, -0.25) is 9.69 Å². The number of carbonyl (C=O) groups is 2. The number of thiazole rings is 1. The van der Waals surface area contributed by atoms with Gasteiger partial charge in [0.1, 0.15) is 22.4 Å². The van der Waals surface area contributed by atoms with Gasteiger partial charge in [-0.05, 0) is 58.6 Å². The van der Waals surface area contributed by atoms with Crippen LogP contribution in [0.2, 0.25) is 0 Å². The van der Waals surface area contributed by atoms with Crippen molar-refractivity contribution in [1.29, 1.82) is 0 Å². The molecule has 0 radical (unpaired) electrons. The van der Waals surface area contributed by atoms with Crippen LogP contribution in [-0.2, 0) is 14.3 Å². The zero-order valence-electron chi connectivity index (χ0n) is 23.3. The fraction of sp³-hybridized carbons (Fsp3) is 0.500. The van der Waals surface area contributed by atoms with E-state index in [1.165, 1.54) is 12.0 Å². The van der Waals surface area contributed by atoms with E-state index in [2.05, 4.69) is 28.6 Å². The molecule has 1 aromatic carbocycles. The van der Waals surface area contributed by atoms with Crippen molar-refractivity contribution in [3.63, 3.8) is 0 Å². The molecule has 4 rings (SSSR count). The molecule has 9 nitrogen and oxygen atoms in total. The Balaban J connectivity index is 0.000000223. The van der Waals surface area contributed by atoms with Gasteiger partial charge in [0.2, 0.25) is 0 Å². The maximum atomic E-state index is 12.4. The summed E-state index contributed by atoms with van der Waals surface area (Å²) in [6.07, 6.45) is 1.01. The minimum absolute atomic E-state index is 0.00389. The lowest BCUT2D eigenvalue weighted by atomic mass is 10.1. The van der Waals surface area contributed by atoms with E-state index in [0.717, 1.165) is 39.6 Å². The highest BCUT2D eigenvalue weighted by atomic mass is 32.1. The summed E-state index contributed by atoms with van der Waals surface area (Å²) in [5.74, 6) is 0.768. The van der Waals surface area contributed by atoms with Crippen LogP contribution in [0.4, 0.5) is 4.79 Å². The molecular formula is C28H37N3O6S. The topological polar surface area (TPSA) is 111 Å². The predicted octanol–water partition coefficient (Wildman–Crippen LogP) is 5.65. The number of esters is 1. The number of fused-ring (bicyclic) bond motifs is 1. The molecule has 0 aliphatic carbocycles. The van der Waals surface area contributed by atoms with Gasteiger partial charge in [-0.25, -0.2) is 14.6 Å². The monoisotopic (exact) mass is 543 g/mol. The number of methoxy groups -OCH3 is 2. The molecule has 0 bridgehead atoms. The van der Waals surface area contributed by atoms with Crippen molar-refractivity contribution in [2.45, 2.75) is 71.9 Å². The molecule has 10 heteroatoms. The molecule has 3 heterocycles. The van der Waals surface area contributed by atoms with Crippen LogP contribution in [0.15, 0.2) is 28.4 Å². The molecule has 1 saturated heterocycles. The average Bonchev–Trinajstić information content (AvgIpc) is 3.54. The molecule has 1 aliphatic heterocycles.